The molecule has 1 aliphatic rings. The first-order chi connectivity index (χ1) is 9.56. The number of thioether (sulfide) groups is 1. The number of carbonyl (C=O) groups excluding carboxylic acids is 1. The van der Waals surface area contributed by atoms with Gasteiger partial charge in [0, 0.05) is 40.6 Å². The summed E-state index contributed by atoms with van der Waals surface area (Å²) < 4.78 is 0. The molecule has 3 nitrogen and oxygen atoms in total. The quantitative estimate of drug-likeness (QED) is 0.889. The fraction of sp³-hybridized carbons (Fsp3) is 0.500. The van der Waals surface area contributed by atoms with Gasteiger partial charge in [-0.2, -0.15) is 11.8 Å². The SMILES string of the molecule is CC(NC(=O)CC1CSCCN1)c1ccc(Cl)cc1Cl. The number of benzene rings is 1. The second-order valence-electron chi connectivity index (χ2n) is 4.89. The van der Waals surface area contributed by atoms with Crippen LogP contribution in [0.5, 0.6) is 0 Å². The van der Waals surface area contributed by atoms with Crippen molar-refractivity contribution in [3.63, 3.8) is 0 Å². The molecule has 2 rings (SSSR count). The lowest BCUT2D eigenvalue weighted by Gasteiger charge is -2.23. The van der Waals surface area contributed by atoms with Crippen molar-refractivity contribution in [2.45, 2.75) is 25.4 Å². The minimum absolute atomic E-state index is 0.0449. The van der Waals surface area contributed by atoms with Gasteiger partial charge in [-0.25, -0.2) is 0 Å². The Balaban J connectivity index is 1.89. The number of hydrogen-bond donors (Lipinski definition) is 2. The van der Waals surface area contributed by atoms with Gasteiger partial charge in [0.25, 0.3) is 0 Å². The number of rotatable bonds is 4. The van der Waals surface area contributed by atoms with Crippen molar-refractivity contribution in [3.8, 4) is 0 Å². The summed E-state index contributed by atoms with van der Waals surface area (Å²) in [4.78, 5) is 12.0. The molecule has 0 aromatic heterocycles. The van der Waals surface area contributed by atoms with Crippen LogP contribution in [-0.4, -0.2) is 30.0 Å². The van der Waals surface area contributed by atoms with Crippen molar-refractivity contribution in [2.24, 2.45) is 0 Å². The number of halogens is 2. The van der Waals surface area contributed by atoms with Gasteiger partial charge in [0.15, 0.2) is 0 Å². The molecule has 2 N–H and O–H groups in total. The molecule has 0 saturated carbocycles. The average Bonchev–Trinajstić information content (AvgIpc) is 2.39. The Kier molecular flexibility index (Phi) is 6.02. The standard InChI is InChI=1S/C14H18Cl2N2OS/c1-9(12-3-2-10(15)6-13(12)16)18-14(19)7-11-8-20-5-4-17-11/h2-3,6,9,11,17H,4-5,7-8H2,1H3,(H,18,19). The third kappa shape index (κ3) is 4.55. The topological polar surface area (TPSA) is 41.1 Å². The Bertz CT molecular complexity index is 478. The predicted octanol–water partition coefficient (Wildman–Crippen LogP) is 3.27. The van der Waals surface area contributed by atoms with Crippen LogP contribution in [0.15, 0.2) is 18.2 Å². The zero-order valence-corrected chi connectivity index (χ0v) is 13.6. The van der Waals surface area contributed by atoms with E-state index in [0.29, 0.717) is 16.5 Å². The van der Waals surface area contributed by atoms with E-state index in [1.807, 2.05) is 24.8 Å². The first-order valence-electron chi connectivity index (χ1n) is 6.61. The van der Waals surface area contributed by atoms with E-state index in [9.17, 15) is 4.79 Å². The van der Waals surface area contributed by atoms with Crippen molar-refractivity contribution in [3.05, 3.63) is 33.8 Å². The summed E-state index contributed by atoms with van der Waals surface area (Å²) in [5.41, 5.74) is 0.885. The van der Waals surface area contributed by atoms with Crippen LogP contribution in [0.4, 0.5) is 0 Å². The monoisotopic (exact) mass is 332 g/mol. The molecular formula is C14H18Cl2N2OS. The van der Waals surface area contributed by atoms with Gasteiger partial charge in [-0.05, 0) is 24.6 Å². The van der Waals surface area contributed by atoms with Gasteiger partial charge < -0.3 is 10.6 Å². The lowest BCUT2D eigenvalue weighted by molar-refractivity contribution is -0.122. The van der Waals surface area contributed by atoms with Crippen molar-refractivity contribution in [1.29, 1.82) is 0 Å². The van der Waals surface area contributed by atoms with Crippen LogP contribution in [0.2, 0.25) is 10.0 Å². The molecular weight excluding hydrogens is 315 g/mol. The van der Waals surface area contributed by atoms with E-state index in [1.165, 1.54) is 0 Å². The Hall–Kier alpha value is -0.420. The number of carbonyl (C=O) groups is 1. The number of amides is 1. The molecule has 0 bridgehead atoms. The zero-order chi connectivity index (χ0) is 14.5. The molecule has 0 aliphatic carbocycles. The Morgan fingerprint density at radius 1 is 1.55 bits per heavy atom. The molecule has 1 heterocycles. The van der Waals surface area contributed by atoms with Crippen molar-refractivity contribution >= 4 is 40.9 Å². The molecule has 6 heteroatoms. The lowest BCUT2D eigenvalue weighted by Crippen LogP contribution is -2.41. The highest BCUT2D eigenvalue weighted by Crippen LogP contribution is 2.26. The predicted molar refractivity (Wildman–Crippen MR) is 86.8 cm³/mol. The summed E-state index contributed by atoms with van der Waals surface area (Å²) in [7, 11) is 0. The van der Waals surface area contributed by atoms with Gasteiger partial charge in [-0.15, -0.1) is 0 Å². The van der Waals surface area contributed by atoms with Crippen molar-refractivity contribution in [2.75, 3.05) is 18.1 Å². The molecule has 0 radical (unpaired) electrons. The second-order valence-corrected chi connectivity index (χ2v) is 6.88. The van der Waals surface area contributed by atoms with E-state index in [1.54, 1.807) is 12.1 Å². The molecule has 1 aromatic rings. The Morgan fingerprint density at radius 2 is 2.35 bits per heavy atom. The summed E-state index contributed by atoms with van der Waals surface area (Å²) in [6, 6.07) is 5.47. The van der Waals surface area contributed by atoms with E-state index in [4.69, 9.17) is 23.2 Å². The van der Waals surface area contributed by atoms with Gasteiger partial charge in [-0.3, -0.25) is 4.79 Å². The van der Waals surface area contributed by atoms with Crippen LogP contribution >= 0.6 is 35.0 Å². The molecule has 110 valence electrons. The fourth-order valence-corrected chi connectivity index (χ4v) is 3.73. The number of hydrogen-bond acceptors (Lipinski definition) is 3. The number of nitrogens with one attached hydrogen (secondary N) is 2. The maximum Gasteiger partial charge on any atom is 0.222 e. The summed E-state index contributed by atoms with van der Waals surface area (Å²) >= 11 is 13.9. The van der Waals surface area contributed by atoms with E-state index in [0.717, 1.165) is 23.6 Å². The van der Waals surface area contributed by atoms with E-state index < -0.39 is 0 Å². The fourth-order valence-electron chi connectivity index (χ4n) is 2.21. The molecule has 20 heavy (non-hydrogen) atoms. The van der Waals surface area contributed by atoms with Gasteiger partial charge in [0.05, 0.1) is 6.04 Å². The van der Waals surface area contributed by atoms with Gasteiger partial charge in [-0.1, -0.05) is 29.3 Å². The van der Waals surface area contributed by atoms with Crippen LogP contribution in [0.3, 0.4) is 0 Å². The summed E-state index contributed by atoms with van der Waals surface area (Å²) in [6.07, 6.45) is 0.503. The van der Waals surface area contributed by atoms with Crippen LogP contribution in [0, 0.1) is 0 Å². The molecule has 1 saturated heterocycles. The molecule has 0 spiro atoms. The summed E-state index contributed by atoms with van der Waals surface area (Å²) in [6.45, 7) is 2.90. The maximum atomic E-state index is 12.0. The maximum absolute atomic E-state index is 12.0. The van der Waals surface area contributed by atoms with Gasteiger partial charge in [0.1, 0.15) is 0 Å². The van der Waals surface area contributed by atoms with E-state index in [-0.39, 0.29) is 18.0 Å². The van der Waals surface area contributed by atoms with E-state index >= 15 is 0 Å². The highest BCUT2D eigenvalue weighted by Gasteiger charge is 2.19. The molecule has 1 amide bonds. The first-order valence-corrected chi connectivity index (χ1v) is 8.53. The molecule has 2 unspecified atom stereocenters. The van der Waals surface area contributed by atoms with Crippen molar-refractivity contribution < 1.29 is 4.79 Å². The third-order valence-electron chi connectivity index (χ3n) is 3.24. The van der Waals surface area contributed by atoms with Crippen molar-refractivity contribution in [1.82, 2.24) is 10.6 Å². The molecule has 1 aromatic carbocycles. The summed E-state index contributed by atoms with van der Waals surface area (Å²) in [5.74, 6) is 2.15. The summed E-state index contributed by atoms with van der Waals surface area (Å²) in [5, 5.41) is 7.52. The highest BCUT2D eigenvalue weighted by molar-refractivity contribution is 7.99. The smallest absolute Gasteiger partial charge is 0.222 e. The Morgan fingerprint density at radius 3 is 3.00 bits per heavy atom. The molecule has 1 fully saturated rings. The van der Waals surface area contributed by atoms with Crippen LogP contribution in [-0.2, 0) is 4.79 Å². The average molecular weight is 333 g/mol. The molecule has 1 aliphatic heterocycles. The Labute approximate surface area is 133 Å². The van der Waals surface area contributed by atoms with Gasteiger partial charge in [0.2, 0.25) is 5.91 Å². The highest BCUT2D eigenvalue weighted by atomic mass is 35.5. The van der Waals surface area contributed by atoms with Crippen LogP contribution < -0.4 is 10.6 Å². The molecule has 2 atom stereocenters. The zero-order valence-electron chi connectivity index (χ0n) is 11.3. The minimum atomic E-state index is -0.122. The minimum Gasteiger partial charge on any atom is -0.349 e. The van der Waals surface area contributed by atoms with E-state index in [2.05, 4.69) is 10.6 Å². The lowest BCUT2D eigenvalue weighted by atomic mass is 10.1. The third-order valence-corrected chi connectivity index (χ3v) is 4.93. The largest absolute Gasteiger partial charge is 0.349 e. The normalized spacial score (nSPS) is 20.4. The first kappa shape index (κ1) is 16.0. The second kappa shape index (κ2) is 7.55. The van der Waals surface area contributed by atoms with Crippen LogP contribution in [0.1, 0.15) is 24.9 Å². The van der Waals surface area contributed by atoms with Crippen LogP contribution in [0.25, 0.3) is 0 Å². The van der Waals surface area contributed by atoms with Gasteiger partial charge >= 0.3 is 0 Å².